The molecule has 2 heterocycles. The van der Waals surface area contributed by atoms with Gasteiger partial charge in [0.15, 0.2) is 0 Å². The molecule has 2 aromatic rings. The molecule has 0 unspecified atom stereocenters. The monoisotopic (exact) mass is 334 g/mol. The Morgan fingerprint density at radius 2 is 2.00 bits per heavy atom. The molecule has 0 amide bonds. The van der Waals surface area contributed by atoms with Crippen molar-refractivity contribution in [1.29, 1.82) is 0 Å². The van der Waals surface area contributed by atoms with E-state index in [-0.39, 0.29) is 11.9 Å². The van der Waals surface area contributed by atoms with Crippen LogP contribution >= 0.6 is 0 Å². The first kappa shape index (κ1) is 16.1. The van der Waals surface area contributed by atoms with Gasteiger partial charge in [0.1, 0.15) is 5.82 Å². The van der Waals surface area contributed by atoms with Gasteiger partial charge in [0.05, 0.1) is 18.0 Å². The Kier molecular flexibility index (Phi) is 4.46. The lowest BCUT2D eigenvalue weighted by molar-refractivity contribution is 0.393. The fourth-order valence-electron chi connectivity index (χ4n) is 3.05. The normalized spacial score (nSPS) is 19.1. The van der Waals surface area contributed by atoms with E-state index in [0.717, 1.165) is 24.2 Å². The van der Waals surface area contributed by atoms with Gasteiger partial charge in [0.25, 0.3) is 0 Å². The Balaban J connectivity index is 1.87. The predicted molar refractivity (Wildman–Crippen MR) is 87.0 cm³/mol. The third-order valence-electron chi connectivity index (χ3n) is 4.13. The van der Waals surface area contributed by atoms with Crippen molar-refractivity contribution in [2.45, 2.75) is 25.3 Å². The molecule has 1 saturated heterocycles. The van der Waals surface area contributed by atoms with E-state index < -0.39 is 10.0 Å². The highest BCUT2D eigenvalue weighted by Gasteiger charge is 2.33. The van der Waals surface area contributed by atoms with Crippen LogP contribution in [-0.2, 0) is 16.4 Å². The van der Waals surface area contributed by atoms with E-state index in [0.29, 0.717) is 18.5 Å². The average Bonchev–Trinajstić information content (AvgIpc) is 3.00. The second-order valence-electron chi connectivity index (χ2n) is 5.85. The number of sulfonamides is 1. The minimum atomic E-state index is -3.24. The summed E-state index contributed by atoms with van der Waals surface area (Å²) in [5, 5.41) is 0. The lowest BCUT2D eigenvalue weighted by Crippen LogP contribution is -2.30. The van der Waals surface area contributed by atoms with Crippen LogP contribution < -0.4 is 0 Å². The van der Waals surface area contributed by atoms with Crippen LogP contribution in [0.5, 0.6) is 0 Å². The molecule has 1 atom stereocenters. The average molecular weight is 334 g/mol. The zero-order chi connectivity index (χ0) is 16.4. The van der Waals surface area contributed by atoms with Crippen molar-refractivity contribution in [3.05, 3.63) is 65.2 Å². The van der Waals surface area contributed by atoms with Gasteiger partial charge in [-0.3, -0.25) is 4.98 Å². The standard InChI is InChI=1S/C17H19FN2O2S/c1-23(21,22)20-11-5-10-17(20)16-9-4-7-14(19-16)12-13-6-2-3-8-15(13)18/h2-4,6-9,17H,5,10-12H2,1H3/t17-/m0/s1. The van der Waals surface area contributed by atoms with E-state index in [9.17, 15) is 12.8 Å². The highest BCUT2D eigenvalue weighted by Crippen LogP contribution is 2.32. The lowest BCUT2D eigenvalue weighted by Gasteiger charge is -2.22. The van der Waals surface area contributed by atoms with Gasteiger partial charge in [-0.05, 0) is 36.6 Å². The highest BCUT2D eigenvalue weighted by atomic mass is 32.2. The van der Waals surface area contributed by atoms with Crippen molar-refractivity contribution < 1.29 is 12.8 Å². The van der Waals surface area contributed by atoms with Crippen molar-refractivity contribution in [3.63, 3.8) is 0 Å². The first-order valence-corrected chi connectivity index (χ1v) is 9.46. The molecule has 3 rings (SSSR count). The van der Waals surface area contributed by atoms with Gasteiger partial charge < -0.3 is 0 Å². The fraction of sp³-hybridized carbons (Fsp3) is 0.353. The molecule has 23 heavy (non-hydrogen) atoms. The van der Waals surface area contributed by atoms with Gasteiger partial charge in [-0.25, -0.2) is 12.8 Å². The molecule has 0 aliphatic carbocycles. The summed E-state index contributed by atoms with van der Waals surface area (Å²) < 4.78 is 39.1. The molecule has 0 radical (unpaired) electrons. The Hall–Kier alpha value is -1.79. The number of nitrogens with zero attached hydrogens (tertiary/aromatic N) is 2. The summed E-state index contributed by atoms with van der Waals surface area (Å²) in [5.41, 5.74) is 2.07. The lowest BCUT2D eigenvalue weighted by atomic mass is 10.1. The van der Waals surface area contributed by atoms with Crippen LogP contribution in [0.1, 0.15) is 35.8 Å². The summed E-state index contributed by atoms with van der Waals surface area (Å²) in [5.74, 6) is -0.252. The second kappa shape index (κ2) is 6.37. The van der Waals surface area contributed by atoms with Crippen molar-refractivity contribution in [1.82, 2.24) is 9.29 Å². The summed E-state index contributed by atoms with van der Waals surface area (Å²) in [6.07, 6.45) is 3.22. The third-order valence-corrected chi connectivity index (χ3v) is 5.42. The molecular formula is C17H19FN2O2S. The molecule has 0 saturated carbocycles. The van der Waals surface area contributed by atoms with E-state index in [1.807, 2.05) is 18.2 Å². The van der Waals surface area contributed by atoms with Crippen molar-refractivity contribution in [3.8, 4) is 0 Å². The maximum Gasteiger partial charge on any atom is 0.211 e. The van der Waals surface area contributed by atoms with Crippen LogP contribution in [0.4, 0.5) is 4.39 Å². The molecule has 0 spiro atoms. The molecular weight excluding hydrogens is 315 g/mol. The summed E-state index contributed by atoms with van der Waals surface area (Å²) in [7, 11) is -3.24. The Labute approximate surface area is 136 Å². The zero-order valence-corrected chi connectivity index (χ0v) is 13.8. The number of rotatable bonds is 4. The largest absolute Gasteiger partial charge is 0.256 e. The van der Waals surface area contributed by atoms with Crippen molar-refractivity contribution >= 4 is 10.0 Å². The molecule has 1 aliphatic heterocycles. The molecule has 1 aromatic heterocycles. The van der Waals surface area contributed by atoms with E-state index in [1.165, 1.54) is 16.6 Å². The number of benzene rings is 1. The number of pyridine rings is 1. The fourth-order valence-corrected chi connectivity index (χ4v) is 4.19. The van der Waals surface area contributed by atoms with E-state index in [4.69, 9.17) is 0 Å². The summed E-state index contributed by atoms with van der Waals surface area (Å²) >= 11 is 0. The van der Waals surface area contributed by atoms with Crippen LogP contribution in [-0.4, -0.2) is 30.5 Å². The number of halogens is 1. The van der Waals surface area contributed by atoms with Gasteiger partial charge >= 0.3 is 0 Å². The van der Waals surface area contributed by atoms with E-state index >= 15 is 0 Å². The molecule has 1 fully saturated rings. The molecule has 1 aromatic carbocycles. The Morgan fingerprint density at radius 1 is 1.22 bits per heavy atom. The SMILES string of the molecule is CS(=O)(=O)N1CCC[C@H]1c1cccc(Cc2ccccc2F)n1. The predicted octanol–water partition coefficient (Wildman–Crippen LogP) is 2.91. The minimum absolute atomic E-state index is 0.217. The maximum atomic E-state index is 13.8. The number of hydrogen-bond donors (Lipinski definition) is 0. The first-order chi connectivity index (χ1) is 10.9. The number of hydrogen-bond acceptors (Lipinski definition) is 3. The Bertz CT molecular complexity index is 808. The highest BCUT2D eigenvalue weighted by molar-refractivity contribution is 7.88. The van der Waals surface area contributed by atoms with Gasteiger partial charge in [0.2, 0.25) is 10.0 Å². The van der Waals surface area contributed by atoms with Gasteiger partial charge in [-0.15, -0.1) is 0 Å². The van der Waals surface area contributed by atoms with Crippen LogP contribution in [0.2, 0.25) is 0 Å². The molecule has 1 aliphatic rings. The smallest absolute Gasteiger partial charge is 0.211 e. The van der Waals surface area contributed by atoms with E-state index in [1.54, 1.807) is 18.2 Å². The molecule has 0 bridgehead atoms. The number of aromatic nitrogens is 1. The topological polar surface area (TPSA) is 50.3 Å². The molecule has 122 valence electrons. The van der Waals surface area contributed by atoms with Crippen LogP contribution in [0.15, 0.2) is 42.5 Å². The van der Waals surface area contributed by atoms with Crippen molar-refractivity contribution in [2.24, 2.45) is 0 Å². The first-order valence-electron chi connectivity index (χ1n) is 7.61. The van der Waals surface area contributed by atoms with Gasteiger partial charge in [0, 0.05) is 18.7 Å². The molecule has 0 N–H and O–H groups in total. The van der Waals surface area contributed by atoms with Gasteiger partial charge in [-0.2, -0.15) is 4.31 Å². The summed E-state index contributed by atoms with van der Waals surface area (Å²) in [4.78, 5) is 4.58. The van der Waals surface area contributed by atoms with Crippen LogP contribution in [0, 0.1) is 5.82 Å². The molecule has 6 heteroatoms. The minimum Gasteiger partial charge on any atom is -0.256 e. The van der Waals surface area contributed by atoms with E-state index in [2.05, 4.69) is 4.98 Å². The Morgan fingerprint density at radius 3 is 2.74 bits per heavy atom. The van der Waals surface area contributed by atoms with Gasteiger partial charge in [-0.1, -0.05) is 24.3 Å². The summed E-state index contributed by atoms with van der Waals surface area (Å²) in [6.45, 7) is 0.530. The van der Waals surface area contributed by atoms with Crippen LogP contribution in [0.3, 0.4) is 0 Å². The van der Waals surface area contributed by atoms with Crippen molar-refractivity contribution in [2.75, 3.05) is 12.8 Å². The van der Waals surface area contributed by atoms with Crippen LogP contribution in [0.25, 0.3) is 0 Å². The second-order valence-corrected chi connectivity index (χ2v) is 7.79. The summed E-state index contributed by atoms with van der Waals surface area (Å²) in [6, 6.07) is 12.0. The zero-order valence-electron chi connectivity index (χ0n) is 12.9. The molecule has 4 nitrogen and oxygen atoms in total. The quantitative estimate of drug-likeness (QED) is 0.864. The maximum absolute atomic E-state index is 13.8. The third kappa shape index (κ3) is 3.59.